The lowest BCUT2D eigenvalue weighted by molar-refractivity contribution is -0.124. The van der Waals surface area contributed by atoms with E-state index in [-0.39, 0.29) is 5.75 Å². The Balaban J connectivity index is 2.72. The molecule has 1 radical (unpaired) electrons. The molecule has 0 N–H and O–H groups in total. The summed E-state index contributed by atoms with van der Waals surface area (Å²) in [6.07, 6.45) is -3.78. The molecule has 0 aromatic heterocycles. The zero-order valence-corrected chi connectivity index (χ0v) is 5.92. The molecule has 0 spiro atoms. The summed E-state index contributed by atoms with van der Waals surface area (Å²) in [4.78, 5) is 0. The van der Waals surface area contributed by atoms with Crippen LogP contribution in [-0.2, 0) is 0 Å². The third-order valence-electron chi connectivity index (χ3n) is 1.05. The van der Waals surface area contributed by atoms with Crippen molar-refractivity contribution < 1.29 is 13.5 Å². The van der Waals surface area contributed by atoms with Gasteiger partial charge in [0.15, 0.2) is 6.07 Å². The number of nitrogens with zero attached hydrogens (tertiary/aromatic N) is 1. The van der Waals surface area contributed by atoms with E-state index in [1.54, 1.807) is 6.07 Å². The Morgan fingerprint density at radius 2 is 2.25 bits per heavy atom. The number of para-hydroxylation sites is 1. The predicted molar refractivity (Wildman–Crippen MR) is 36.5 cm³/mol. The maximum Gasteiger partial charge on any atom is 0.494 e. The first-order valence-corrected chi connectivity index (χ1v) is 3.09. The van der Waals surface area contributed by atoms with E-state index >= 15 is 0 Å². The van der Waals surface area contributed by atoms with Gasteiger partial charge in [-0.05, 0) is 6.07 Å². The number of ether oxygens (including phenoxy) is 1. The summed E-state index contributed by atoms with van der Waals surface area (Å²) in [6, 6.07) is 8.96. The maximum absolute atomic E-state index is 12.2. The number of nitriles is 1. The van der Waals surface area contributed by atoms with Crippen LogP contribution in [0.25, 0.3) is 0 Å². The Kier molecular flexibility index (Phi) is 2.24. The highest BCUT2D eigenvalue weighted by Crippen LogP contribution is 2.19. The van der Waals surface area contributed by atoms with Gasteiger partial charge in [0.1, 0.15) is 5.75 Å². The van der Waals surface area contributed by atoms with Gasteiger partial charge >= 0.3 is 6.11 Å². The van der Waals surface area contributed by atoms with E-state index in [2.05, 4.69) is 10.8 Å². The first-order valence-electron chi connectivity index (χ1n) is 3.09. The molecule has 1 aromatic carbocycles. The van der Waals surface area contributed by atoms with Gasteiger partial charge in [-0.2, -0.15) is 5.26 Å². The summed E-state index contributed by atoms with van der Waals surface area (Å²) >= 11 is 0. The molecular formula is C8H4F2NO. The van der Waals surface area contributed by atoms with Crippen molar-refractivity contribution in [2.45, 2.75) is 6.11 Å². The molecule has 0 aliphatic rings. The van der Waals surface area contributed by atoms with Crippen molar-refractivity contribution in [1.82, 2.24) is 0 Å². The van der Waals surface area contributed by atoms with Crippen LogP contribution in [0.4, 0.5) is 8.78 Å². The normalized spacial score (nSPS) is 10.4. The van der Waals surface area contributed by atoms with Crippen molar-refractivity contribution in [2.75, 3.05) is 0 Å². The average Bonchev–Trinajstić information content (AvgIpc) is 2.06. The maximum atomic E-state index is 12.2. The topological polar surface area (TPSA) is 33.0 Å². The molecule has 0 bridgehead atoms. The highest BCUT2D eigenvalue weighted by Gasteiger charge is 2.31. The van der Waals surface area contributed by atoms with Crippen LogP contribution in [0.15, 0.2) is 24.3 Å². The Bertz CT molecular complexity index is 292. The molecule has 0 atom stereocenters. The molecule has 61 valence electrons. The minimum absolute atomic E-state index is 0.149. The van der Waals surface area contributed by atoms with Crippen LogP contribution in [0, 0.1) is 17.4 Å². The number of alkyl halides is 2. The zero-order chi connectivity index (χ0) is 9.03. The average molecular weight is 168 g/mol. The molecule has 1 aromatic rings. The second kappa shape index (κ2) is 3.18. The minimum atomic E-state index is -3.78. The number of halogens is 2. The second-order valence-electron chi connectivity index (χ2n) is 1.96. The van der Waals surface area contributed by atoms with Crippen molar-refractivity contribution in [1.29, 1.82) is 5.26 Å². The second-order valence-corrected chi connectivity index (χ2v) is 1.96. The first kappa shape index (κ1) is 8.47. The van der Waals surface area contributed by atoms with Crippen LogP contribution in [0.2, 0.25) is 0 Å². The lowest BCUT2D eigenvalue weighted by atomic mass is 10.3. The van der Waals surface area contributed by atoms with Gasteiger partial charge in [-0.25, -0.2) is 0 Å². The van der Waals surface area contributed by atoms with Crippen LogP contribution in [0.5, 0.6) is 5.75 Å². The lowest BCUT2D eigenvalue weighted by Crippen LogP contribution is -2.21. The molecular weight excluding hydrogens is 164 g/mol. The van der Waals surface area contributed by atoms with E-state index in [0.717, 1.165) is 0 Å². The van der Waals surface area contributed by atoms with E-state index in [1.165, 1.54) is 18.2 Å². The SMILES string of the molecule is N#CC(F)(F)Oc1[c]cccc1. The summed E-state index contributed by atoms with van der Waals surface area (Å²) in [7, 11) is 0. The molecule has 0 saturated carbocycles. The van der Waals surface area contributed by atoms with Gasteiger partial charge in [-0.3, -0.25) is 0 Å². The highest BCUT2D eigenvalue weighted by molar-refractivity contribution is 5.20. The van der Waals surface area contributed by atoms with E-state index in [9.17, 15) is 8.78 Å². The van der Waals surface area contributed by atoms with Crippen LogP contribution < -0.4 is 4.74 Å². The summed E-state index contributed by atoms with van der Waals surface area (Å²) in [6.45, 7) is 0. The molecule has 0 heterocycles. The van der Waals surface area contributed by atoms with E-state index in [0.29, 0.717) is 6.07 Å². The van der Waals surface area contributed by atoms with Crippen LogP contribution in [0.1, 0.15) is 0 Å². The number of rotatable bonds is 2. The molecule has 0 aliphatic heterocycles. The Morgan fingerprint density at radius 3 is 2.75 bits per heavy atom. The molecule has 4 heteroatoms. The van der Waals surface area contributed by atoms with Crippen molar-refractivity contribution >= 4 is 0 Å². The number of hydrogen-bond acceptors (Lipinski definition) is 2. The van der Waals surface area contributed by atoms with Gasteiger partial charge in [-0.1, -0.05) is 18.2 Å². The highest BCUT2D eigenvalue weighted by atomic mass is 19.3. The number of benzene rings is 1. The standard InChI is InChI=1S/C8H4F2NO/c9-8(10,6-11)12-7-4-2-1-3-5-7/h1-4H. The fourth-order valence-electron chi connectivity index (χ4n) is 0.601. The molecule has 2 nitrogen and oxygen atoms in total. The zero-order valence-electron chi connectivity index (χ0n) is 5.92. The Labute approximate surface area is 68.0 Å². The Hall–Kier alpha value is -1.63. The van der Waals surface area contributed by atoms with Gasteiger partial charge in [-0.15, -0.1) is 8.78 Å². The van der Waals surface area contributed by atoms with Gasteiger partial charge in [0, 0.05) is 6.07 Å². The van der Waals surface area contributed by atoms with Gasteiger partial charge < -0.3 is 4.74 Å². The van der Waals surface area contributed by atoms with E-state index in [4.69, 9.17) is 5.26 Å². The third-order valence-corrected chi connectivity index (χ3v) is 1.05. The summed E-state index contributed by atoms with van der Waals surface area (Å²) in [5.74, 6) is -0.149. The first-order chi connectivity index (χ1) is 5.64. The molecule has 12 heavy (non-hydrogen) atoms. The largest absolute Gasteiger partial charge is 0.494 e. The molecule has 0 aliphatic carbocycles. The fourth-order valence-corrected chi connectivity index (χ4v) is 0.601. The van der Waals surface area contributed by atoms with Crippen molar-refractivity contribution in [3.63, 3.8) is 0 Å². The fraction of sp³-hybridized carbons (Fsp3) is 0.125. The predicted octanol–water partition coefficient (Wildman–Crippen LogP) is 1.98. The Morgan fingerprint density at radius 1 is 1.50 bits per heavy atom. The lowest BCUT2D eigenvalue weighted by Gasteiger charge is -2.08. The summed E-state index contributed by atoms with van der Waals surface area (Å²) in [5.41, 5.74) is 0. The van der Waals surface area contributed by atoms with Crippen LogP contribution in [-0.4, -0.2) is 6.11 Å². The molecule has 0 fully saturated rings. The summed E-state index contributed by atoms with van der Waals surface area (Å²) in [5, 5.41) is 7.92. The monoisotopic (exact) mass is 168 g/mol. The van der Waals surface area contributed by atoms with Crippen molar-refractivity contribution in [2.24, 2.45) is 0 Å². The molecule has 0 unspecified atom stereocenters. The van der Waals surface area contributed by atoms with Gasteiger partial charge in [0.05, 0.1) is 0 Å². The number of hydrogen-bond donors (Lipinski definition) is 0. The van der Waals surface area contributed by atoms with E-state index in [1.807, 2.05) is 0 Å². The molecule has 1 rings (SSSR count). The van der Waals surface area contributed by atoms with E-state index < -0.39 is 6.11 Å². The smallest absolute Gasteiger partial charge is 0.420 e. The third kappa shape index (κ3) is 2.20. The molecule has 0 amide bonds. The van der Waals surface area contributed by atoms with Crippen molar-refractivity contribution in [3.05, 3.63) is 30.3 Å². The quantitative estimate of drug-likeness (QED) is 0.676. The van der Waals surface area contributed by atoms with Crippen LogP contribution >= 0.6 is 0 Å². The van der Waals surface area contributed by atoms with Gasteiger partial charge in [0.25, 0.3) is 0 Å². The van der Waals surface area contributed by atoms with Crippen LogP contribution in [0.3, 0.4) is 0 Å². The van der Waals surface area contributed by atoms with Crippen molar-refractivity contribution in [3.8, 4) is 11.8 Å². The summed E-state index contributed by atoms with van der Waals surface area (Å²) < 4.78 is 28.5. The van der Waals surface area contributed by atoms with Gasteiger partial charge in [0.2, 0.25) is 0 Å². The molecule has 0 saturated heterocycles. The minimum Gasteiger partial charge on any atom is -0.420 e.